The van der Waals surface area contributed by atoms with Gasteiger partial charge in [0.25, 0.3) is 0 Å². The standard InChI is InChI=1S/C22H20N2O2S/c1-4-17-18(16-11-10-13(2)14(3)12-16)23-22-24(17)19(20(27-22)21(25)26)15-8-6-5-7-9-15/h5-12H,4H2,1-3H3,(H,25,26). The lowest BCUT2D eigenvalue weighted by Crippen LogP contribution is -2.00. The third-order valence-corrected chi connectivity index (χ3v) is 5.96. The van der Waals surface area contributed by atoms with Crippen LogP contribution in [0.15, 0.2) is 48.5 Å². The first kappa shape index (κ1) is 17.5. The molecule has 4 aromatic rings. The molecule has 5 heteroatoms. The van der Waals surface area contributed by atoms with Gasteiger partial charge in [0.15, 0.2) is 4.96 Å². The maximum Gasteiger partial charge on any atom is 0.348 e. The SMILES string of the molecule is CCc1c(-c2ccc(C)c(C)c2)nc2sc(C(=O)O)c(-c3ccccc3)n12. The van der Waals surface area contributed by atoms with Gasteiger partial charge in [0, 0.05) is 11.1 Å². The number of imidazole rings is 1. The maximum absolute atomic E-state index is 11.9. The molecule has 0 unspecified atom stereocenters. The molecular weight excluding hydrogens is 356 g/mol. The highest BCUT2D eigenvalue weighted by Crippen LogP contribution is 2.37. The Kier molecular flexibility index (Phi) is 4.32. The van der Waals surface area contributed by atoms with E-state index in [0.717, 1.165) is 33.9 Å². The van der Waals surface area contributed by atoms with E-state index in [2.05, 4.69) is 39.0 Å². The van der Waals surface area contributed by atoms with Crippen LogP contribution in [0.25, 0.3) is 27.5 Å². The second-order valence-corrected chi connectivity index (χ2v) is 7.61. The number of hydrogen-bond acceptors (Lipinski definition) is 3. The fraction of sp³-hybridized carbons (Fsp3) is 0.182. The van der Waals surface area contributed by atoms with Gasteiger partial charge in [-0.05, 0) is 37.5 Å². The molecule has 0 atom stereocenters. The number of carboxylic acids is 1. The van der Waals surface area contributed by atoms with Crippen molar-refractivity contribution in [3.63, 3.8) is 0 Å². The molecule has 2 aromatic carbocycles. The molecule has 0 aliphatic rings. The average Bonchev–Trinajstić information content (AvgIpc) is 3.20. The summed E-state index contributed by atoms with van der Waals surface area (Å²) in [4.78, 5) is 17.7. The molecule has 2 heterocycles. The number of carbonyl (C=O) groups is 1. The number of aromatic nitrogens is 2. The zero-order chi connectivity index (χ0) is 19.1. The Morgan fingerprint density at radius 1 is 1.07 bits per heavy atom. The molecule has 136 valence electrons. The van der Waals surface area contributed by atoms with E-state index in [1.54, 1.807) is 0 Å². The first-order chi connectivity index (χ1) is 13.0. The van der Waals surface area contributed by atoms with Gasteiger partial charge in [-0.1, -0.05) is 60.7 Å². The Morgan fingerprint density at radius 2 is 1.81 bits per heavy atom. The van der Waals surface area contributed by atoms with E-state index < -0.39 is 5.97 Å². The van der Waals surface area contributed by atoms with Gasteiger partial charge in [-0.2, -0.15) is 0 Å². The molecule has 0 saturated heterocycles. The van der Waals surface area contributed by atoms with Crippen molar-refractivity contribution < 1.29 is 9.90 Å². The van der Waals surface area contributed by atoms with Crippen LogP contribution in [-0.2, 0) is 6.42 Å². The molecule has 27 heavy (non-hydrogen) atoms. The largest absolute Gasteiger partial charge is 0.477 e. The van der Waals surface area contributed by atoms with Crippen molar-refractivity contribution in [1.29, 1.82) is 0 Å². The number of aryl methyl sites for hydroxylation is 3. The normalized spacial score (nSPS) is 11.2. The zero-order valence-corrected chi connectivity index (χ0v) is 16.3. The number of thiazole rings is 1. The molecule has 4 rings (SSSR count). The molecular formula is C22H20N2O2S. The number of benzene rings is 2. The second-order valence-electron chi connectivity index (χ2n) is 6.63. The van der Waals surface area contributed by atoms with Gasteiger partial charge in [0.1, 0.15) is 4.88 Å². The van der Waals surface area contributed by atoms with E-state index in [-0.39, 0.29) is 0 Å². The van der Waals surface area contributed by atoms with Crippen LogP contribution in [0.2, 0.25) is 0 Å². The van der Waals surface area contributed by atoms with Crippen molar-refractivity contribution in [3.8, 4) is 22.5 Å². The Labute approximate surface area is 161 Å². The summed E-state index contributed by atoms with van der Waals surface area (Å²) in [6.45, 7) is 6.28. The Hall–Kier alpha value is -2.92. The summed E-state index contributed by atoms with van der Waals surface area (Å²) in [6, 6.07) is 16.0. The summed E-state index contributed by atoms with van der Waals surface area (Å²) in [5.74, 6) is -0.917. The predicted octanol–water partition coefficient (Wildman–Crippen LogP) is 5.61. The highest BCUT2D eigenvalue weighted by molar-refractivity contribution is 7.19. The predicted molar refractivity (Wildman–Crippen MR) is 110 cm³/mol. The first-order valence-electron chi connectivity index (χ1n) is 8.91. The quantitative estimate of drug-likeness (QED) is 0.504. The van der Waals surface area contributed by atoms with Gasteiger partial charge in [-0.3, -0.25) is 4.40 Å². The minimum absolute atomic E-state index is 0.324. The van der Waals surface area contributed by atoms with Crippen molar-refractivity contribution in [2.75, 3.05) is 0 Å². The lowest BCUT2D eigenvalue weighted by molar-refractivity contribution is 0.0702. The number of rotatable bonds is 4. The highest BCUT2D eigenvalue weighted by Gasteiger charge is 2.25. The summed E-state index contributed by atoms with van der Waals surface area (Å²) < 4.78 is 2.02. The number of hydrogen-bond donors (Lipinski definition) is 1. The molecule has 2 aromatic heterocycles. The van der Waals surface area contributed by atoms with Crippen LogP contribution in [0.4, 0.5) is 0 Å². The summed E-state index contributed by atoms with van der Waals surface area (Å²) in [5.41, 5.74) is 7.11. The Balaban J connectivity index is 2.04. The van der Waals surface area contributed by atoms with E-state index in [1.807, 2.05) is 34.7 Å². The van der Waals surface area contributed by atoms with E-state index in [0.29, 0.717) is 10.6 Å². The minimum atomic E-state index is -0.917. The van der Waals surface area contributed by atoms with Crippen molar-refractivity contribution in [2.45, 2.75) is 27.2 Å². The molecule has 0 amide bonds. The third-order valence-electron chi connectivity index (χ3n) is 4.93. The number of carboxylic acid groups (broad SMARTS) is 1. The van der Waals surface area contributed by atoms with Crippen LogP contribution in [0, 0.1) is 13.8 Å². The van der Waals surface area contributed by atoms with Gasteiger partial charge in [-0.25, -0.2) is 9.78 Å². The fourth-order valence-electron chi connectivity index (χ4n) is 3.42. The van der Waals surface area contributed by atoms with Crippen LogP contribution in [0.3, 0.4) is 0 Å². The average molecular weight is 376 g/mol. The Morgan fingerprint density at radius 3 is 2.44 bits per heavy atom. The van der Waals surface area contributed by atoms with Crippen LogP contribution in [0.5, 0.6) is 0 Å². The van der Waals surface area contributed by atoms with E-state index >= 15 is 0 Å². The Bertz CT molecular complexity index is 1160. The second kappa shape index (κ2) is 6.67. The zero-order valence-electron chi connectivity index (χ0n) is 15.5. The number of fused-ring (bicyclic) bond motifs is 1. The molecule has 1 N–H and O–H groups in total. The topological polar surface area (TPSA) is 54.6 Å². The summed E-state index contributed by atoms with van der Waals surface area (Å²) in [6.07, 6.45) is 0.763. The molecule has 0 saturated carbocycles. The van der Waals surface area contributed by atoms with Gasteiger partial charge in [0.05, 0.1) is 17.1 Å². The van der Waals surface area contributed by atoms with E-state index in [1.165, 1.54) is 22.5 Å². The van der Waals surface area contributed by atoms with E-state index in [4.69, 9.17) is 4.98 Å². The fourth-order valence-corrected chi connectivity index (χ4v) is 4.42. The number of aromatic carboxylic acids is 1. The van der Waals surface area contributed by atoms with Crippen molar-refractivity contribution >= 4 is 22.3 Å². The van der Waals surface area contributed by atoms with Crippen molar-refractivity contribution in [3.05, 3.63) is 70.2 Å². The molecule has 0 aliphatic heterocycles. The lowest BCUT2D eigenvalue weighted by Gasteiger charge is -2.08. The van der Waals surface area contributed by atoms with Gasteiger partial charge < -0.3 is 5.11 Å². The summed E-state index contributed by atoms with van der Waals surface area (Å²) in [7, 11) is 0. The minimum Gasteiger partial charge on any atom is -0.477 e. The molecule has 0 spiro atoms. The summed E-state index contributed by atoms with van der Waals surface area (Å²) in [5, 5.41) is 9.73. The molecule has 0 fully saturated rings. The number of nitrogens with zero attached hydrogens (tertiary/aromatic N) is 2. The monoisotopic (exact) mass is 376 g/mol. The lowest BCUT2D eigenvalue weighted by atomic mass is 10.0. The molecule has 0 bridgehead atoms. The smallest absolute Gasteiger partial charge is 0.348 e. The maximum atomic E-state index is 11.9. The van der Waals surface area contributed by atoms with E-state index in [9.17, 15) is 9.90 Å². The van der Waals surface area contributed by atoms with Crippen LogP contribution >= 0.6 is 11.3 Å². The van der Waals surface area contributed by atoms with Crippen LogP contribution in [-0.4, -0.2) is 20.5 Å². The van der Waals surface area contributed by atoms with Crippen LogP contribution in [0.1, 0.15) is 33.4 Å². The highest BCUT2D eigenvalue weighted by atomic mass is 32.1. The van der Waals surface area contributed by atoms with Crippen molar-refractivity contribution in [2.24, 2.45) is 0 Å². The van der Waals surface area contributed by atoms with Crippen molar-refractivity contribution in [1.82, 2.24) is 9.38 Å². The van der Waals surface area contributed by atoms with Gasteiger partial charge >= 0.3 is 5.97 Å². The molecule has 0 radical (unpaired) electrons. The molecule has 4 nitrogen and oxygen atoms in total. The molecule has 0 aliphatic carbocycles. The summed E-state index contributed by atoms with van der Waals surface area (Å²) >= 11 is 1.23. The van der Waals surface area contributed by atoms with Gasteiger partial charge in [0.2, 0.25) is 0 Å². The third kappa shape index (κ3) is 2.84. The van der Waals surface area contributed by atoms with Crippen LogP contribution < -0.4 is 0 Å². The first-order valence-corrected chi connectivity index (χ1v) is 9.73. The van der Waals surface area contributed by atoms with Gasteiger partial charge in [-0.15, -0.1) is 0 Å².